The second kappa shape index (κ2) is 20.0. The molecule has 0 fully saturated rings. The Hall–Kier alpha value is -1.02. The van der Waals surface area contributed by atoms with E-state index in [2.05, 4.69) is 109 Å². The molecule has 0 radical (unpaired) electrons. The molecule has 0 bridgehead atoms. The van der Waals surface area contributed by atoms with Gasteiger partial charge in [-0.15, -0.1) is 25.3 Å². The topological polar surface area (TPSA) is 48.1 Å². The fourth-order valence-corrected chi connectivity index (χ4v) is 4.58. The zero-order valence-corrected chi connectivity index (χ0v) is 24.4. The van der Waals surface area contributed by atoms with E-state index in [1.807, 2.05) is 0 Å². The Morgan fingerprint density at radius 3 is 1.19 bits per heavy atom. The highest BCUT2D eigenvalue weighted by Crippen LogP contribution is 2.16. The van der Waals surface area contributed by atoms with Gasteiger partial charge < -0.3 is 21.3 Å². The smallest absolute Gasteiger partial charge is 0.0291 e. The molecule has 202 valence electrons. The van der Waals surface area contributed by atoms with Crippen LogP contribution in [0.2, 0.25) is 0 Å². The number of nitrogens with one attached hydrogen (secondary N) is 4. The fourth-order valence-electron chi connectivity index (χ4n) is 4.28. The summed E-state index contributed by atoms with van der Waals surface area (Å²) in [7, 11) is 0. The summed E-state index contributed by atoms with van der Waals surface area (Å²) in [6.45, 7) is 11.0. The van der Waals surface area contributed by atoms with Crippen molar-refractivity contribution in [1.29, 1.82) is 0 Å². The van der Waals surface area contributed by atoms with Crippen LogP contribution < -0.4 is 21.3 Å². The molecule has 0 heterocycles. The summed E-state index contributed by atoms with van der Waals surface area (Å²) in [5.41, 5.74) is 2.65. The maximum atomic E-state index is 4.35. The van der Waals surface area contributed by atoms with E-state index in [-0.39, 0.29) is 0 Å². The van der Waals surface area contributed by atoms with Gasteiger partial charge in [0.25, 0.3) is 0 Å². The number of thiol groups is 2. The van der Waals surface area contributed by atoms with Crippen LogP contribution in [0.3, 0.4) is 0 Å². The van der Waals surface area contributed by atoms with Gasteiger partial charge in [-0.25, -0.2) is 0 Å². The molecule has 0 saturated carbocycles. The minimum Gasteiger partial charge on any atom is -0.317 e. The van der Waals surface area contributed by atoms with Crippen LogP contribution in [0, 0.1) is 0 Å². The quantitative estimate of drug-likeness (QED) is 0.0817. The number of hydrogen-bond acceptors (Lipinski definition) is 6. The summed E-state index contributed by atoms with van der Waals surface area (Å²) in [6.07, 6.45) is 10.3. The first kappa shape index (κ1) is 31.2. The second-order valence-electron chi connectivity index (χ2n) is 9.86. The third-order valence-corrected chi connectivity index (χ3v) is 7.30. The summed E-state index contributed by atoms with van der Waals surface area (Å²) in [4.78, 5) is 2.04. The van der Waals surface area contributed by atoms with Crippen molar-refractivity contribution in [2.75, 3.05) is 39.3 Å². The summed E-state index contributed by atoms with van der Waals surface area (Å²) in [5.74, 6) is 0. The van der Waals surface area contributed by atoms with Crippen LogP contribution in [0.1, 0.15) is 88.4 Å². The maximum absolute atomic E-state index is 4.35. The summed E-state index contributed by atoms with van der Waals surface area (Å²) in [5, 5.41) is 14.4. The predicted octanol–water partition coefficient (Wildman–Crippen LogP) is 6.57. The molecule has 0 aromatic heterocycles. The van der Waals surface area contributed by atoms with Crippen LogP contribution in [0.5, 0.6) is 0 Å². The van der Waals surface area contributed by atoms with Gasteiger partial charge in [-0.2, -0.15) is 0 Å². The van der Waals surface area contributed by atoms with Gasteiger partial charge in [0, 0.05) is 21.9 Å². The van der Waals surface area contributed by atoms with Crippen molar-refractivity contribution >= 4 is 25.3 Å². The standard InChI is InChI=1S/C30H50N4S2/c1-25(27-11-15-29(35)16-12-27)33-23-9-21-31-19-7-5-3-4-6-8-20-32-22-10-24-34-26(2)28-13-17-30(36)18-14-28/h11-18,25-26,31-36H,3-10,19-24H2,1-2H3. The minimum atomic E-state index is 0.391. The molecule has 4 nitrogen and oxygen atoms in total. The van der Waals surface area contributed by atoms with Crippen LogP contribution >= 0.6 is 25.3 Å². The van der Waals surface area contributed by atoms with Gasteiger partial charge in [0.05, 0.1) is 0 Å². The van der Waals surface area contributed by atoms with E-state index in [0.717, 1.165) is 49.1 Å². The van der Waals surface area contributed by atoms with Gasteiger partial charge in [0.15, 0.2) is 0 Å². The molecule has 2 aromatic carbocycles. The lowest BCUT2D eigenvalue weighted by Gasteiger charge is -2.14. The van der Waals surface area contributed by atoms with E-state index in [9.17, 15) is 0 Å². The molecule has 0 spiro atoms. The number of hydrogen-bond donors (Lipinski definition) is 6. The van der Waals surface area contributed by atoms with E-state index in [0.29, 0.717) is 12.1 Å². The normalized spacial score (nSPS) is 13.1. The van der Waals surface area contributed by atoms with Gasteiger partial charge in [-0.05, 0) is 114 Å². The molecular formula is C30H50N4S2. The zero-order valence-electron chi connectivity index (χ0n) is 22.6. The third-order valence-electron chi connectivity index (χ3n) is 6.70. The van der Waals surface area contributed by atoms with E-state index < -0.39 is 0 Å². The van der Waals surface area contributed by atoms with Crippen LogP contribution in [0.15, 0.2) is 58.3 Å². The van der Waals surface area contributed by atoms with Crippen molar-refractivity contribution in [3.63, 3.8) is 0 Å². The van der Waals surface area contributed by atoms with Crippen molar-refractivity contribution in [1.82, 2.24) is 21.3 Å². The SMILES string of the molecule is CC(NCCCNCCCCCCCCNCCCNC(C)c1ccc(S)cc1)c1ccc(S)cc1. The van der Waals surface area contributed by atoms with Gasteiger partial charge >= 0.3 is 0 Å². The van der Waals surface area contributed by atoms with Crippen LogP contribution in [0.25, 0.3) is 0 Å². The van der Waals surface area contributed by atoms with Gasteiger partial charge in [0.1, 0.15) is 0 Å². The van der Waals surface area contributed by atoms with Gasteiger partial charge in [0.2, 0.25) is 0 Å². The van der Waals surface area contributed by atoms with E-state index >= 15 is 0 Å². The van der Waals surface area contributed by atoms with Crippen molar-refractivity contribution in [2.45, 2.75) is 87.1 Å². The Labute approximate surface area is 232 Å². The van der Waals surface area contributed by atoms with Crippen molar-refractivity contribution in [2.24, 2.45) is 0 Å². The molecular weight excluding hydrogens is 480 g/mol. The van der Waals surface area contributed by atoms with Crippen LogP contribution in [-0.4, -0.2) is 39.3 Å². The molecule has 36 heavy (non-hydrogen) atoms. The largest absolute Gasteiger partial charge is 0.317 e. The number of unbranched alkanes of at least 4 members (excludes halogenated alkanes) is 5. The van der Waals surface area contributed by atoms with E-state index in [4.69, 9.17) is 0 Å². The zero-order chi connectivity index (χ0) is 25.8. The molecule has 2 unspecified atom stereocenters. The third kappa shape index (κ3) is 14.7. The highest BCUT2D eigenvalue weighted by Gasteiger charge is 2.04. The Morgan fingerprint density at radius 1 is 0.472 bits per heavy atom. The Balaban J connectivity index is 1.27. The Morgan fingerprint density at radius 2 is 0.806 bits per heavy atom. The lowest BCUT2D eigenvalue weighted by Crippen LogP contribution is -2.24. The van der Waals surface area contributed by atoms with Crippen molar-refractivity contribution in [3.8, 4) is 0 Å². The van der Waals surface area contributed by atoms with Crippen LogP contribution in [-0.2, 0) is 0 Å². The Bertz CT molecular complexity index is 715. The molecule has 0 amide bonds. The second-order valence-corrected chi connectivity index (χ2v) is 10.9. The summed E-state index contributed by atoms with van der Waals surface area (Å²) in [6, 6.07) is 17.6. The predicted molar refractivity (Wildman–Crippen MR) is 163 cm³/mol. The molecule has 0 aliphatic heterocycles. The molecule has 2 aromatic rings. The maximum Gasteiger partial charge on any atom is 0.0291 e. The average molecular weight is 531 g/mol. The summed E-state index contributed by atoms with van der Waals surface area (Å²) < 4.78 is 0. The Kier molecular flexibility index (Phi) is 17.3. The van der Waals surface area contributed by atoms with Crippen molar-refractivity contribution < 1.29 is 0 Å². The van der Waals surface area contributed by atoms with E-state index in [1.54, 1.807) is 0 Å². The molecule has 0 aliphatic carbocycles. The molecule has 6 heteroatoms. The number of rotatable bonds is 21. The highest BCUT2D eigenvalue weighted by atomic mass is 32.1. The lowest BCUT2D eigenvalue weighted by molar-refractivity contribution is 0.515. The van der Waals surface area contributed by atoms with Gasteiger partial charge in [-0.1, -0.05) is 49.9 Å². The molecule has 2 atom stereocenters. The monoisotopic (exact) mass is 530 g/mol. The number of benzene rings is 2. The molecule has 0 aliphatic rings. The van der Waals surface area contributed by atoms with Gasteiger partial charge in [-0.3, -0.25) is 0 Å². The van der Waals surface area contributed by atoms with E-state index in [1.165, 1.54) is 62.5 Å². The first-order chi connectivity index (χ1) is 17.6. The molecule has 0 saturated heterocycles. The first-order valence-electron chi connectivity index (χ1n) is 14.0. The van der Waals surface area contributed by atoms with Crippen molar-refractivity contribution in [3.05, 3.63) is 59.7 Å². The highest BCUT2D eigenvalue weighted by molar-refractivity contribution is 7.80. The average Bonchev–Trinajstić information content (AvgIpc) is 2.88. The summed E-state index contributed by atoms with van der Waals surface area (Å²) >= 11 is 8.70. The lowest BCUT2D eigenvalue weighted by atomic mass is 10.1. The minimum absolute atomic E-state index is 0.391. The first-order valence-corrected chi connectivity index (χ1v) is 14.9. The van der Waals surface area contributed by atoms with Crippen LogP contribution in [0.4, 0.5) is 0 Å². The fraction of sp³-hybridized carbons (Fsp3) is 0.600. The molecule has 4 N–H and O–H groups in total. The molecule has 2 rings (SSSR count).